The Hall–Kier alpha value is -2.60. The van der Waals surface area contributed by atoms with Crippen LogP contribution < -0.4 is 14.8 Å². The van der Waals surface area contributed by atoms with Gasteiger partial charge in [0.15, 0.2) is 11.5 Å². The number of fused-ring (bicyclic) bond motifs is 1. The number of amides is 1. The van der Waals surface area contributed by atoms with E-state index in [1.807, 2.05) is 0 Å². The molecule has 0 fully saturated rings. The molecule has 0 radical (unpaired) electrons. The summed E-state index contributed by atoms with van der Waals surface area (Å²) in [6.45, 7) is 1.96. The van der Waals surface area contributed by atoms with Crippen LogP contribution in [0.1, 0.15) is 35.4 Å². The number of carbonyl (C=O) groups excluding carboxylic acids is 1. The number of hydrogen-bond donors (Lipinski definition) is 2. The molecule has 1 aliphatic heterocycles. The molecule has 0 saturated heterocycles. The summed E-state index contributed by atoms with van der Waals surface area (Å²) in [6.07, 6.45) is -0.459. The zero-order valence-electron chi connectivity index (χ0n) is 13.2. The summed E-state index contributed by atoms with van der Waals surface area (Å²) >= 11 is 0. The zero-order valence-corrected chi connectivity index (χ0v) is 13.2. The Bertz CT molecular complexity index is 732. The Balaban J connectivity index is 1.58. The van der Waals surface area contributed by atoms with E-state index in [4.69, 9.17) is 9.47 Å². The van der Waals surface area contributed by atoms with Crippen molar-refractivity contribution in [1.29, 1.82) is 0 Å². The summed E-state index contributed by atoms with van der Waals surface area (Å²) in [5, 5.41) is 13.0. The molecule has 24 heavy (non-hydrogen) atoms. The van der Waals surface area contributed by atoms with Crippen LogP contribution in [0.2, 0.25) is 0 Å². The lowest BCUT2D eigenvalue weighted by Gasteiger charge is -2.18. The Kier molecular flexibility index (Phi) is 4.66. The smallest absolute Gasteiger partial charge is 0.251 e. The van der Waals surface area contributed by atoms with Crippen LogP contribution in [0.15, 0.2) is 42.5 Å². The van der Waals surface area contributed by atoms with Crippen molar-refractivity contribution < 1.29 is 23.8 Å². The van der Waals surface area contributed by atoms with Gasteiger partial charge in [0.2, 0.25) is 6.79 Å². The maximum Gasteiger partial charge on any atom is 0.251 e. The van der Waals surface area contributed by atoms with Gasteiger partial charge < -0.3 is 19.9 Å². The second kappa shape index (κ2) is 6.88. The van der Waals surface area contributed by atoms with Crippen molar-refractivity contribution in [2.24, 2.45) is 0 Å². The molecule has 2 atom stereocenters. The molecule has 5 nitrogen and oxygen atoms in total. The monoisotopic (exact) mass is 331 g/mol. The van der Waals surface area contributed by atoms with Crippen LogP contribution in [0, 0.1) is 5.82 Å². The molecular formula is C18H18FNO4. The molecule has 1 aliphatic rings. The second-order valence-corrected chi connectivity index (χ2v) is 5.75. The van der Waals surface area contributed by atoms with Gasteiger partial charge in [0.25, 0.3) is 5.91 Å². The first-order valence-corrected chi connectivity index (χ1v) is 7.67. The third-order valence-electron chi connectivity index (χ3n) is 3.84. The van der Waals surface area contributed by atoms with Gasteiger partial charge in [-0.2, -0.15) is 0 Å². The number of hydrogen-bond acceptors (Lipinski definition) is 4. The number of ether oxygens (including phenoxy) is 2. The van der Waals surface area contributed by atoms with Gasteiger partial charge in [0, 0.05) is 11.6 Å². The minimum absolute atomic E-state index is 0.153. The summed E-state index contributed by atoms with van der Waals surface area (Å²) in [5.41, 5.74) is 1.07. The van der Waals surface area contributed by atoms with E-state index in [-0.39, 0.29) is 24.6 Å². The molecule has 2 N–H and O–H groups in total. The first-order valence-electron chi connectivity index (χ1n) is 7.67. The van der Waals surface area contributed by atoms with E-state index in [0.717, 1.165) is 0 Å². The van der Waals surface area contributed by atoms with E-state index in [0.29, 0.717) is 29.0 Å². The average molecular weight is 331 g/mol. The van der Waals surface area contributed by atoms with E-state index < -0.39 is 6.10 Å². The third-order valence-corrected chi connectivity index (χ3v) is 3.84. The van der Waals surface area contributed by atoms with Crippen LogP contribution in [0.4, 0.5) is 4.39 Å². The van der Waals surface area contributed by atoms with Crippen molar-refractivity contribution in [3.63, 3.8) is 0 Å². The number of nitrogens with one attached hydrogen (secondary N) is 1. The maximum absolute atomic E-state index is 12.9. The fourth-order valence-corrected chi connectivity index (χ4v) is 2.56. The number of benzene rings is 2. The highest BCUT2D eigenvalue weighted by Gasteiger charge is 2.19. The van der Waals surface area contributed by atoms with Crippen molar-refractivity contribution in [2.75, 3.05) is 6.79 Å². The van der Waals surface area contributed by atoms with Gasteiger partial charge in [-0.1, -0.05) is 12.1 Å². The molecule has 0 aliphatic carbocycles. The van der Waals surface area contributed by atoms with Crippen molar-refractivity contribution in [2.45, 2.75) is 25.5 Å². The summed E-state index contributed by atoms with van der Waals surface area (Å²) < 4.78 is 23.4. The van der Waals surface area contributed by atoms with E-state index >= 15 is 0 Å². The summed E-state index contributed by atoms with van der Waals surface area (Å²) in [7, 11) is 0. The largest absolute Gasteiger partial charge is 0.454 e. The summed E-state index contributed by atoms with van der Waals surface area (Å²) in [6, 6.07) is 10.4. The number of aliphatic hydroxyl groups is 1. The molecule has 0 spiro atoms. The molecule has 0 aromatic heterocycles. The summed E-state index contributed by atoms with van der Waals surface area (Å²) in [5.74, 6) is 0.551. The Morgan fingerprint density at radius 2 is 1.92 bits per heavy atom. The predicted molar refractivity (Wildman–Crippen MR) is 85.5 cm³/mol. The fraction of sp³-hybridized carbons (Fsp3) is 0.278. The minimum atomic E-state index is -0.780. The number of carbonyl (C=O) groups is 1. The highest BCUT2D eigenvalue weighted by molar-refractivity contribution is 5.95. The van der Waals surface area contributed by atoms with Crippen molar-refractivity contribution >= 4 is 5.91 Å². The molecule has 2 aromatic rings. The van der Waals surface area contributed by atoms with E-state index in [1.165, 1.54) is 24.3 Å². The third kappa shape index (κ3) is 3.65. The normalized spacial score (nSPS) is 15.0. The van der Waals surface area contributed by atoms with Crippen molar-refractivity contribution in [1.82, 2.24) is 5.32 Å². The molecule has 1 heterocycles. The SMILES string of the molecule is C[C@H](C[C@H](O)c1ccc(F)cc1)NC(=O)c1ccc2c(c1)OCO2. The van der Waals surface area contributed by atoms with E-state index in [2.05, 4.69) is 5.32 Å². The first kappa shape index (κ1) is 16.3. The van der Waals surface area contributed by atoms with Gasteiger partial charge >= 0.3 is 0 Å². The predicted octanol–water partition coefficient (Wildman–Crippen LogP) is 2.80. The van der Waals surface area contributed by atoms with Gasteiger partial charge in [-0.15, -0.1) is 0 Å². The van der Waals surface area contributed by atoms with Crippen LogP contribution >= 0.6 is 0 Å². The van der Waals surface area contributed by atoms with Gasteiger partial charge in [-0.3, -0.25) is 4.79 Å². The molecule has 6 heteroatoms. The van der Waals surface area contributed by atoms with Crippen LogP contribution in [0.5, 0.6) is 11.5 Å². The summed E-state index contributed by atoms with van der Waals surface area (Å²) in [4.78, 5) is 12.3. The molecule has 0 unspecified atom stereocenters. The van der Waals surface area contributed by atoms with Gasteiger partial charge in [-0.05, 0) is 49.2 Å². The molecule has 3 rings (SSSR count). The van der Waals surface area contributed by atoms with Crippen LogP contribution in [0.3, 0.4) is 0 Å². The van der Waals surface area contributed by atoms with Crippen molar-refractivity contribution in [3.8, 4) is 11.5 Å². The average Bonchev–Trinajstić information content (AvgIpc) is 3.02. The van der Waals surface area contributed by atoms with Crippen LogP contribution in [-0.2, 0) is 0 Å². The van der Waals surface area contributed by atoms with Gasteiger partial charge in [-0.25, -0.2) is 4.39 Å². The van der Waals surface area contributed by atoms with E-state index in [1.54, 1.807) is 25.1 Å². The first-order chi connectivity index (χ1) is 11.5. The second-order valence-electron chi connectivity index (χ2n) is 5.75. The molecule has 0 bridgehead atoms. The molecule has 2 aromatic carbocycles. The lowest BCUT2D eigenvalue weighted by Crippen LogP contribution is -2.33. The van der Waals surface area contributed by atoms with Crippen molar-refractivity contribution in [3.05, 3.63) is 59.4 Å². The Labute approximate surface area is 139 Å². The molecule has 0 saturated carbocycles. The maximum atomic E-state index is 12.9. The lowest BCUT2D eigenvalue weighted by atomic mass is 10.0. The Morgan fingerprint density at radius 1 is 1.21 bits per heavy atom. The van der Waals surface area contributed by atoms with Crippen LogP contribution in [-0.4, -0.2) is 23.8 Å². The topological polar surface area (TPSA) is 67.8 Å². The van der Waals surface area contributed by atoms with Gasteiger partial charge in [0.05, 0.1) is 6.10 Å². The zero-order chi connectivity index (χ0) is 17.1. The standard InChI is InChI=1S/C18H18FNO4/c1-11(8-15(21)12-2-5-14(19)6-3-12)20-18(22)13-4-7-16-17(9-13)24-10-23-16/h2-7,9,11,15,21H,8,10H2,1H3,(H,20,22)/t11-,15+/m1/s1. The number of rotatable bonds is 5. The van der Waals surface area contributed by atoms with E-state index in [9.17, 15) is 14.3 Å². The minimum Gasteiger partial charge on any atom is -0.454 e. The highest BCUT2D eigenvalue weighted by Crippen LogP contribution is 2.32. The number of aliphatic hydroxyl groups excluding tert-OH is 1. The van der Waals surface area contributed by atoms with Crippen LogP contribution in [0.25, 0.3) is 0 Å². The Morgan fingerprint density at radius 3 is 2.67 bits per heavy atom. The molecular weight excluding hydrogens is 313 g/mol. The number of halogens is 1. The fourth-order valence-electron chi connectivity index (χ4n) is 2.56. The highest BCUT2D eigenvalue weighted by atomic mass is 19.1. The molecule has 1 amide bonds. The van der Waals surface area contributed by atoms with Gasteiger partial charge in [0.1, 0.15) is 5.82 Å². The molecule has 126 valence electrons. The quantitative estimate of drug-likeness (QED) is 0.884. The lowest BCUT2D eigenvalue weighted by molar-refractivity contribution is 0.0916.